The van der Waals surface area contributed by atoms with E-state index in [9.17, 15) is 0 Å². The van der Waals surface area contributed by atoms with Gasteiger partial charge in [-0.05, 0) is 18.6 Å². The molecule has 5 nitrogen and oxygen atoms in total. The second kappa shape index (κ2) is 6.43. The lowest BCUT2D eigenvalue weighted by atomic mass is 10.1. The molecule has 1 aromatic rings. The van der Waals surface area contributed by atoms with E-state index < -0.39 is 0 Å². The van der Waals surface area contributed by atoms with Crippen molar-refractivity contribution in [2.24, 2.45) is 5.73 Å². The predicted molar refractivity (Wildman–Crippen MR) is 73.9 cm³/mol. The first kappa shape index (κ1) is 14.4. The van der Waals surface area contributed by atoms with E-state index in [-0.39, 0.29) is 18.2 Å². The van der Waals surface area contributed by atoms with Crippen LogP contribution in [0.4, 0.5) is 0 Å². The molecule has 1 fully saturated rings. The molecule has 2 N–H and O–H groups in total. The quantitative estimate of drug-likeness (QED) is 0.850. The summed E-state index contributed by atoms with van der Waals surface area (Å²) in [5.41, 5.74) is 8.12. The van der Waals surface area contributed by atoms with Crippen molar-refractivity contribution in [3.05, 3.63) is 29.6 Å². The summed E-state index contributed by atoms with van der Waals surface area (Å²) in [5, 5.41) is 0. The normalized spacial score (nSPS) is 25.7. The van der Waals surface area contributed by atoms with E-state index in [1.165, 1.54) is 0 Å². The lowest BCUT2D eigenvalue weighted by Gasteiger charge is -2.26. The van der Waals surface area contributed by atoms with Gasteiger partial charge in [-0.2, -0.15) is 0 Å². The zero-order valence-corrected chi connectivity index (χ0v) is 11.9. The molecule has 3 unspecified atom stereocenters. The molecule has 1 aliphatic heterocycles. The highest BCUT2D eigenvalue weighted by Gasteiger charge is 2.36. The van der Waals surface area contributed by atoms with Gasteiger partial charge in [0, 0.05) is 51.8 Å². The van der Waals surface area contributed by atoms with E-state index in [4.69, 9.17) is 15.2 Å². The molecule has 0 amide bonds. The van der Waals surface area contributed by atoms with Gasteiger partial charge in [-0.1, -0.05) is 6.07 Å². The Bertz CT molecular complexity index is 384. The van der Waals surface area contributed by atoms with Crippen molar-refractivity contribution in [3.63, 3.8) is 0 Å². The van der Waals surface area contributed by atoms with E-state index in [1.807, 2.05) is 19.2 Å². The highest BCUT2D eigenvalue weighted by Crippen LogP contribution is 2.26. The molecule has 0 bridgehead atoms. The molecule has 5 heteroatoms. The number of rotatable bonds is 5. The standard InChI is InChI=1S/C14H23N3O2/c1-10-4-5-11(7-16-10)12(6-15)17-8-13(18-2)14(9-17)19-3/h4-5,7,12-14H,6,8-9,15H2,1-3H3. The third-order valence-corrected chi connectivity index (χ3v) is 3.83. The van der Waals surface area contributed by atoms with Crippen LogP contribution in [-0.2, 0) is 9.47 Å². The molecule has 0 radical (unpaired) electrons. The van der Waals surface area contributed by atoms with Crippen LogP contribution in [0.1, 0.15) is 17.3 Å². The Morgan fingerprint density at radius 3 is 2.37 bits per heavy atom. The van der Waals surface area contributed by atoms with Crippen molar-refractivity contribution in [1.82, 2.24) is 9.88 Å². The minimum absolute atomic E-state index is 0.109. The highest BCUT2D eigenvalue weighted by molar-refractivity contribution is 5.18. The van der Waals surface area contributed by atoms with Crippen LogP contribution in [0.15, 0.2) is 18.3 Å². The molecule has 3 atom stereocenters. The Hall–Kier alpha value is -1.01. The maximum absolute atomic E-state index is 5.95. The van der Waals surface area contributed by atoms with Gasteiger partial charge in [-0.15, -0.1) is 0 Å². The van der Waals surface area contributed by atoms with E-state index in [2.05, 4.69) is 16.0 Å². The summed E-state index contributed by atoms with van der Waals surface area (Å²) in [6, 6.07) is 4.29. The van der Waals surface area contributed by atoms with Crippen molar-refractivity contribution in [1.29, 1.82) is 0 Å². The number of hydrogen-bond donors (Lipinski definition) is 1. The third-order valence-electron chi connectivity index (χ3n) is 3.83. The van der Waals surface area contributed by atoms with Gasteiger partial charge < -0.3 is 15.2 Å². The molecule has 0 aliphatic carbocycles. The first-order valence-electron chi connectivity index (χ1n) is 6.61. The van der Waals surface area contributed by atoms with Crippen LogP contribution in [-0.4, -0.2) is 55.9 Å². The number of aryl methyl sites for hydroxylation is 1. The number of ether oxygens (including phenoxy) is 2. The SMILES string of the molecule is COC1CN(C(CN)c2ccc(C)nc2)CC1OC. The van der Waals surface area contributed by atoms with Crippen LogP contribution in [0, 0.1) is 6.92 Å². The molecule has 19 heavy (non-hydrogen) atoms. The Balaban J connectivity index is 2.12. The van der Waals surface area contributed by atoms with Gasteiger partial charge in [0.05, 0.1) is 12.2 Å². The van der Waals surface area contributed by atoms with Crippen LogP contribution in [0.2, 0.25) is 0 Å². The van der Waals surface area contributed by atoms with Gasteiger partial charge >= 0.3 is 0 Å². The van der Waals surface area contributed by atoms with Gasteiger partial charge in [0.25, 0.3) is 0 Å². The second-order valence-electron chi connectivity index (χ2n) is 4.99. The third kappa shape index (κ3) is 3.12. The smallest absolute Gasteiger partial charge is 0.0972 e. The molecular weight excluding hydrogens is 242 g/mol. The molecule has 0 saturated carbocycles. The van der Waals surface area contributed by atoms with Crippen LogP contribution in [0.3, 0.4) is 0 Å². The maximum atomic E-state index is 5.95. The molecule has 106 valence electrons. The number of likely N-dealkylation sites (tertiary alicyclic amines) is 1. The summed E-state index contributed by atoms with van der Waals surface area (Å²) < 4.78 is 10.9. The Morgan fingerprint density at radius 2 is 1.95 bits per heavy atom. The average molecular weight is 265 g/mol. The fraction of sp³-hybridized carbons (Fsp3) is 0.643. The molecule has 1 aliphatic rings. The van der Waals surface area contributed by atoms with Gasteiger partial charge in [0.2, 0.25) is 0 Å². The van der Waals surface area contributed by atoms with Crippen molar-refractivity contribution < 1.29 is 9.47 Å². The van der Waals surface area contributed by atoms with Gasteiger partial charge in [-0.3, -0.25) is 9.88 Å². The fourth-order valence-electron chi connectivity index (χ4n) is 2.65. The van der Waals surface area contributed by atoms with Crippen molar-refractivity contribution in [3.8, 4) is 0 Å². The fourth-order valence-corrected chi connectivity index (χ4v) is 2.65. The van der Waals surface area contributed by atoms with Crippen molar-refractivity contribution in [2.75, 3.05) is 33.9 Å². The average Bonchev–Trinajstić information content (AvgIpc) is 2.85. The molecule has 2 rings (SSSR count). The van der Waals surface area contributed by atoms with Crippen LogP contribution in [0.5, 0.6) is 0 Å². The molecule has 2 heterocycles. The Kier molecular flexibility index (Phi) is 4.87. The first-order chi connectivity index (χ1) is 9.19. The topological polar surface area (TPSA) is 60.6 Å². The summed E-state index contributed by atoms with van der Waals surface area (Å²) in [5.74, 6) is 0. The van der Waals surface area contributed by atoms with E-state index in [0.29, 0.717) is 6.54 Å². The number of nitrogens with zero attached hydrogens (tertiary/aromatic N) is 2. The molecule has 1 aromatic heterocycles. The van der Waals surface area contributed by atoms with Gasteiger partial charge in [-0.25, -0.2) is 0 Å². The second-order valence-corrected chi connectivity index (χ2v) is 4.99. The number of aromatic nitrogens is 1. The number of pyridine rings is 1. The highest BCUT2D eigenvalue weighted by atomic mass is 16.5. The summed E-state index contributed by atoms with van der Waals surface area (Å²) in [6.45, 7) is 4.23. The molecule has 0 spiro atoms. The minimum Gasteiger partial charge on any atom is -0.377 e. The van der Waals surface area contributed by atoms with E-state index in [1.54, 1.807) is 14.2 Å². The molecule has 0 aromatic carbocycles. The summed E-state index contributed by atoms with van der Waals surface area (Å²) >= 11 is 0. The van der Waals surface area contributed by atoms with Gasteiger partial charge in [0.1, 0.15) is 0 Å². The Morgan fingerprint density at radius 1 is 1.32 bits per heavy atom. The summed E-state index contributed by atoms with van der Waals surface area (Å²) in [4.78, 5) is 6.67. The number of hydrogen-bond acceptors (Lipinski definition) is 5. The van der Waals surface area contributed by atoms with Crippen molar-refractivity contribution >= 4 is 0 Å². The Labute approximate surface area is 114 Å². The predicted octanol–water partition coefficient (Wildman–Crippen LogP) is 0.735. The monoisotopic (exact) mass is 265 g/mol. The minimum atomic E-state index is 0.109. The molecular formula is C14H23N3O2. The summed E-state index contributed by atoms with van der Waals surface area (Å²) in [6.07, 6.45) is 2.13. The molecule has 1 saturated heterocycles. The van der Waals surface area contributed by atoms with Gasteiger partial charge in [0.15, 0.2) is 0 Å². The van der Waals surface area contributed by atoms with Crippen LogP contribution >= 0.6 is 0 Å². The lowest BCUT2D eigenvalue weighted by Crippen LogP contribution is -2.33. The van der Waals surface area contributed by atoms with E-state index >= 15 is 0 Å². The van der Waals surface area contributed by atoms with Crippen LogP contribution < -0.4 is 5.73 Å². The van der Waals surface area contributed by atoms with E-state index in [0.717, 1.165) is 24.3 Å². The number of nitrogens with two attached hydrogens (primary N) is 1. The first-order valence-corrected chi connectivity index (χ1v) is 6.61. The van der Waals surface area contributed by atoms with Crippen molar-refractivity contribution in [2.45, 2.75) is 25.2 Å². The largest absolute Gasteiger partial charge is 0.377 e. The van der Waals surface area contributed by atoms with Crippen LogP contribution in [0.25, 0.3) is 0 Å². The zero-order chi connectivity index (χ0) is 13.8. The summed E-state index contributed by atoms with van der Waals surface area (Å²) in [7, 11) is 3.45. The zero-order valence-electron chi connectivity index (χ0n) is 11.9. The number of methoxy groups -OCH3 is 2. The lowest BCUT2D eigenvalue weighted by molar-refractivity contribution is -0.00461. The maximum Gasteiger partial charge on any atom is 0.0972 e.